The van der Waals surface area contributed by atoms with E-state index in [1.807, 2.05) is 12.1 Å². The molecule has 0 bridgehead atoms. The van der Waals surface area contributed by atoms with Crippen LogP contribution in [-0.2, 0) is 0 Å². The van der Waals surface area contributed by atoms with Crippen LogP contribution in [0.4, 0.5) is 17.1 Å². The maximum Gasteiger partial charge on any atom is 0.143 e. The zero-order valence-corrected chi connectivity index (χ0v) is 27.4. The fourth-order valence-corrected chi connectivity index (χ4v) is 7.03. The fourth-order valence-electron chi connectivity index (χ4n) is 7.03. The van der Waals surface area contributed by atoms with E-state index in [1.165, 1.54) is 22.3 Å². The van der Waals surface area contributed by atoms with Crippen molar-refractivity contribution in [1.29, 1.82) is 0 Å². The van der Waals surface area contributed by atoms with E-state index in [0.717, 1.165) is 61.3 Å². The number of furan rings is 1. The highest BCUT2D eigenvalue weighted by Gasteiger charge is 2.18. The molecule has 236 valence electrons. The van der Waals surface area contributed by atoms with Crippen LogP contribution in [0, 0.1) is 0 Å². The average molecular weight is 640 g/mol. The molecule has 8 aromatic carbocycles. The molecule has 50 heavy (non-hydrogen) atoms. The summed E-state index contributed by atoms with van der Waals surface area (Å²) in [5.41, 5.74) is 14.5. The predicted octanol–water partition coefficient (Wildman–Crippen LogP) is 13.7. The first-order valence-corrected chi connectivity index (χ1v) is 17.0. The summed E-state index contributed by atoms with van der Waals surface area (Å²) >= 11 is 0. The zero-order valence-electron chi connectivity index (χ0n) is 27.4. The predicted molar refractivity (Wildman–Crippen MR) is 210 cm³/mol. The van der Waals surface area contributed by atoms with E-state index < -0.39 is 0 Å². The topological polar surface area (TPSA) is 16.4 Å². The highest BCUT2D eigenvalue weighted by molar-refractivity contribution is 6.09. The maximum absolute atomic E-state index is 6.38. The summed E-state index contributed by atoms with van der Waals surface area (Å²) in [6.07, 6.45) is 0. The Bertz CT molecular complexity index is 2570. The molecule has 0 saturated heterocycles. The van der Waals surface area contributed by atoms with Gasteiger partial charge in [-0.1, -0.05) is 158 Å². The molecule has 0 unspecified atom stereocenters. The lowest BCUT2D eigenvalue weighted by Crippen LogP contribution is -2.11. The summed E-state index contributed by atoms with van der Waals surface area (Å²) in [7, 11) is 0. The van der Waals surface area contributed by atoms with Crippen molar-refractivity contribution in [2.75, 3.05) is 4.90 Å². The number of para-hydroxylation sites is 3. The Balaban J connectivity index is 1.11. The Morgan fingerprint density at radius 1 is 0.320 bits per heavy atom. The third-order valence-corrected chi connectivity index (χ3v) is 9.50. The van der Waals surface area contributed by atoms with Gasteiger partial charge in [-0.05, 0) is 75.8 Å². The van der Waals surface area contributed by atoms with Gasteiger partial charge < -0.3 is 9.32 Å². The largest absolute Gasteiger partial charge is 0.455 e. The zero-order chi connectivity index (χ0) is 33.3. The van der Waals surface area contributed by atoms with Crippen LogP contribution < -0.4 is 4.90 Å². The molecule has 0 spiro atoms. The first kappa shape index (κ1) is 29.5. The van der Waals surface area contributed by atoms with E-state index in [9.17, 15) is 0 Å². The van der Waals surface area contributed by atoms with Crippen molar-refractivity contribution in [3.63, 3.8) is 0 Å². The molecule has 0 aliphatic carbocycles. The summed E-state index contributed by atoms with van der Waals surface area (Å²) in [6.45, 7) is 0. The van der Waals surface area contributed by atoms with E-state index >= 15 is 0 Å². The summed E-state index contributed by atoms with van der Waals surface area (Å²) in [4.78, 5) is 2.36. The Hall–Kier alpha value is -6.64. The van der Waals surface area contributed by atoms with Crippen molar-refractivity contribution in [2.45, 2.75) is 0 Å². The van der Waals surface area contributed by atoms with Gasteiger partial charge in [-0.3, -0.25) is 0 Å². The molecule has 2 heteroatoms. The summed E-state index contributed by atoms with van der Waals surface area (Å²) in [5.74, 6) is 0. The lowest BCUT2D eigenvalue weighted by Gasteiger charge is -2.28. The fraction of sp³-hybridized carbons (Fsp3) is 0. The van der Waals surface area contributed by atoms with Gasteiger partial charge in [0.2, 0.25) is 0 Å². The minimum atomic E-state index is 0.912. The van der Waals surface area contributed by atoms with Crippen molar-refractivity contribution >= 4 is 39.0 Å². The average Bonchev–Trinajstić information content (AvgIpc) is 3.59. The van der Waals surface area contributed by atoms with Crippen molar-refractivity contribution in [1.82, 2.24) is 0 Å². The minimum Gasteiger partial charge on any atom is -0.455 e. The number of fused-ring (bicyclic) bond motifs is 3. The second-order valence-electron chi connectivity index (χ2n) is 12.5. The summed E-state index contributed by atoms with van der Waals surface area (Å²) in [5, 5.41) is 2.28. The number of hydrogen-bond donors (Lipinski definition) is 0. The molecule has 1 heterocycles. The van der Waals surface area contributed by atoms with E-state index in [0.29, 0.717) is 0 Å². The van der Waals surface area contributed by atoms with Crippen LogP contribution in [0.2, 0.25) is 0 Å². The number of anilines is 3. The first-order valence-electron chi connectivity index (χ1n) is 17.0. The van der Waals surface area contributed by atoms with Gasteiger partial charge in [0.15, 0.2) is 0 Å². The van der Waals surface area contributed by atoms with Crippen molar-refractivity contribution in [3.05, 3.63) is 200 Å². The Kier molecular flexibility index (Phi) is 7.53. The van der Waals surface area contributed by atoms with Gasteiger partial charge in [-0.15, -0.1) is 0 Å². The van der Waals surface area contributed by atoms with Crippen LogP contribution in [0.1, 0.15) is 0 Å². The van der Waals surface area contributed by atoms with Crippen molar-refractivity contribution in [2.24, 2.45) is 0 Å². The molecule has 0 N–H and O–H groups in total. The van der Waals surface area contributed by atoms with E-state index in [4.69, 9.17) is 4.42 Å². The number of rotatable bonds is 7. The van der Waals surface area contributed by atoms with Gasteiger partial charge in [0.05, 0.1) is 5.69 Å². The Morgan fingerprint density at radius 2 is 0.820 bits per heavy atom. The standard InChI is InChI=1S/C48H33NO/c1-3-13-34(14-4-1)35-25-29-40(30-26-35)49(46-23-9-7-19-42(46)37-15-5-2-6-16-37)41-31-27-36(28-32-41)38-17-11-18-39(33-38)43-21-12-22-45-44-20-8-10-24-47(44)50-48(43)45/h1-33H. The van der Waals surface area contributed by atoms with Gasteiger partial charge >= 0.3 is 0 Å². The number of nitrogens with zero attached hydrogens (tertiary/aromatic N) is 1. The van der Waals surface area contributed by atoms with E-state index in [2.05, 4.69) is 193 Å². The van der Waals surface area contributed by atoms with Gasteiger partial charge in [0.1, 0.15) is 11.2 Å². The minimum absolute atomic E-state index is 0.912. The number of benzene rings is 8. The molecule has 2 nitrogen and oxygen atoms in total. The van der Waals surface area contributed by atoms with E-state index in [1.54, 1.807) is 0 Å². The summed E-state index contributed by atoms with van der Waals surface area (Å²) < 4.78 is 6.38. The second kappa shape index (κ2) is 12.8. The molecular weight excluding hydrogens is 607 g/mol. The first-order chi connectivity index (χ1) is 24.8. The lowest BCUT2D eigenvalue weighted by molar-refractivity contribution is 0.670. The molecule has 0 atom stereocenters. The molecule has 0 aliphatic rings. The maximum atomic E-state index is 6.38. The quantitative estimate of drug-likeness (QED) is 0.173. The smallest absolute Gasteiger partial charge is 0.143 e. The van der Waals surface area contributed by atoms with Crippen molar-refractivity contribution in [3.8, 4) is 44.5 Å². The summed E-state index contributed by atoms with van der Waals surface area (Å²) in [6, 6.07) is 71.0. The van der Waals surface area contributed by atoms with Crippen LogP contribution in [-0.4, -0.2) is 0 Å². The molecule has 0 fully saturated rings. The second-order valence-corrected chi connectivity index (χ2v) is 12.5. The van der Waals surface area contributed by atoms with Crippen LogP contribution in [0.5, 0.6) is 0 Å². The Labute approximate surface area is 292 Å². The van der Waals surface area contributed by atoms with Gasteiger partial charge in [0, 0.05) is 33.3 Å². The lowest BCUT2D eigenvalue weighted by atomic mass is 9.97. The third kappa shape index (κ3) is 5.43. The third-order valence-electron chi connectivity index (χ3n) is 9.50. The van der Waals surface area contributed by atoms with Gasteiger partial charge in [-0.25, -0.2) is 0 Å². The molecule has 0 amide bonds. The van der Waals surface area contributed by atoms with Gasteiger partial charge in [-0.2, -0.15) is 0 Å². The number of hydrogen-bond acceptors (Lipinski definition) is 2. The highest BCUT2D eigenvalue weighted by atomic mass is 16.3. The molecular formula is C48H33NO. The van der Waals surface area contributed by atoms with Crippen LogP contribution in [0.15, 0.2) is 205 Å². The van der Waals surface area contributed by atoms with E-state index in [-0.39, 0.29) is 0 Å². The Morgan fingerprint density at radius 3 is 1.56 bits per heavy atom. The molecule has 9 aromatic rings. The van der Waals surface area contributed by atoms with Crippen LogP contribution in [0.25, 0.3) is 66.4 Å². The van der Waals surface area contributed by atoms with Crippen LogP contribution >= 0.6 is 0 Å². The molecule has 0 saturated carbocycles. The van der Waals surface area contributed by atoms with Gasteiger partial charge in [0.25, 0.3) is 0 Å². The normalized spacial score (nSPS) is 11.2. The molecule has 9 rings (SSSR count). The monoisotopic (exact) mass is 639 g/mol. The van der Waals surface area contributed by atoms with Crippen LogP contribution in [0.3, 0.4) is 0 Å². The molecule has 0 radical (unpaired) electrons. The molecule has 0 aliphatic heterocycles. The SMILES string of the molecule is c1ccc(-c2ccc(N(c3ccc(-c4cccc(-c5cccc6c5oc5ccccc56)c4)cc3)c3ccccc3-c3ccccc3)cc2)cc1. The van der Waals surface area contributed by atoms with Crippen molar-refractivity contribution < 1.29 is 4.42 Å². The molecule has 1 aromatic heterocycles. The highest BCUT2D eigenvalue weighted by Crippen LogP contribution is 2.42.